The summed E-state index contributed by atoms with van der Waals surface area (Å²) >= 11 is 8.02. The van der Waals surface area contributed by atoms with Gasteiger partial charge >= 0.3 is 0 Å². The average Bonchev–Trinajstić information content (AvgIpc) is 2.46. The number of nitro benzene ring substituents is 1. The van der Waals surface area contributed by atoms with E-state index in [1.54, 1.807) is 12.1 Å². The second-order valence-electron chi connectivity index (χ2n) is 5.08. The minimum atomic E-state index is -0.368. The van der Waals surface area contributed by atoms with E-state index in [0.717, 1.165) is 18.1 Å². The van der Waals surface area contributed by atoms with E-state index in [0.29, 0.717) is 23.2 Å². The number of nitrogens with zero attached hydrogens (tertiary/aromatic N) is 1. The molecule has 0 heterocycles. The molecule has 0 unspecified atom stereocenters. The second kappa shape index (κ2) is 7.29. The highest BCUT2D eigenvalue weighted by atomic mass is 35.5. The summed E-state index contributed by atoms with van der Waals surface area (Å²) in [6.07, 6.45) is 6.84. The molecule has 0 amide bonds. The van der Waals surface area contributed by atoms with Crippen LogP contribution in [0.25, 0.3) is 0 Å². The molecule has 0 spiro atoms. The fourth-order valence-corrected chi connectivity index (χ4v) is 3.62. The van der Waals surface area contributed by atoms with Crippen molar-refractivity contribution in [2.45, 2.75) is 43.5 Å². The van der Waals surface area contributed by atoms with Crippen molar-refractivity contribution in [3.63, 3.8) is 0 Å². The first kappa shape index (κ1) is 15.6. The maximum Gasteiger partial charge on any atom is 0.275 e. The summed E-state index contributed by atoms with van der Waals surface area (Å²) in [4.78, 5) is 10.7. The highest BCUT2D eigenvalue weighted by molar-refractivity contribution is 7.99. The Kier molecular flexibility index (Phi) is 5.69. The first-order valence-corrected chi connectivity index (χ1v) is 8.46. The second-order valence-corrected chi connectivity index (χ2v) is 6.63. The molecule has 6 heteroatoms. The fraction of sp³-hybridized carbons (Fsp3) is 0.571. The molecule has 0 radical (unpaired) electrons. The Morgan fingerprint density at radius 3 is 2.70 bits per heavy atom. The van der Waals surface area contributed by atoms with Gasteiger partial charge in [-0.1, -0.05) is 17.7 Å². The lowest BCUT2D eigenvalue weighted by molar-refractivity contribution is -0.385. The molecule has 1 aromatic rings. The van der Waals surface area contributed by atoms with Crippen molar-refractivity contribution in [3.8, 4) is 0 Å². The molecule has 4 nitrogen and oxygen atoms in total. The van der Waals surface area contributed by atoms with Crippen LogP contribution in [0.2, 0.25) is 5.02 Å². The number of hydrogen-bond donors (Lipinski definition) is 1. The standard InChI is InChI=1S/C14H19ClN2O2S/c1-20-11-7-5-10(6-8-11)16-9-12-13(15)3-2-4-14(12)17(18)19/h2-4,10-11,16H,5-9H2,1H3. The van der Waals surface area contributed by atoms with Gasteiger partial charge in [-0.05, 0) is 38.0 Å². The van der Waals surface area contributed by atoms with E-state index in [4.69, 9.17) is 11.6 Å². The van der Waals surface area contributed by atoms with Gasteiger partial charge in [0.05, 0.1) is 15.5 Å². The SMILES string of the molecule is CSC1CCC(NCc2c(Cl)cccc2[N+](=O)[O-])CC1. The van der Waals surface area contributed by atoms with Crippen LogP contribution in [0.15, 0.2) is 18.2 Å². The number of rotatable bonds is 5. The quantitative estimate of drug-likeness (QED) is 0.659. The summed E-state index contributed by atoms with van der Waals surface area (Å²) in [7, 11) is 0. The lowest BCUT2D eigenvalue weighted by Gasteiger charge is -2.28. The number of hydrogen-bond acceptors (Lipinski definition) is 4. The lowest BCUT2D eigenvalue weighted by Crippen LogP contribution is -2.33. The van der Waals surface area contributed by atoms with Crippen LogP contribution in [0, 0.1) is 10.1 Å². The molecule has 2 rings (SSSR count). The summed E-state index contributed by atoms with van der Waals surface area (Å²) in [5.74, 6) is 0. The third kappa shape index (κ3) is 3.87. The normalized spacial score (nSPS) is 22.7. The van der Waals surface area contributed by atoms with Crippen molar-refractivity contribution in [2.24, 2.45) is 0 Å². The van der Waals surface area contributed by atoms with Gasteiger partial charge in [0, 0.05) is 23.9 Å². The molecule has 0 bridgehead atoms. The highest BCUT2D eigenvalue weighted by Gasteiger charge is 2.22. The molecule has 1 aliphatic rings. The molecule has 1 fully saturated rings. The number of halogens is 1. The van der Waals surface area contributed by atoms with Crippen LogP contribution < -0.4 is 5.32 Å². The monoisotopic (exact) mass is 314 g/mol. The van der Waals surface area contributed by atoms with E-state index in [2.05, 4.69) is 11.6 Å². The summed E-state index contributed by atoms with van der Waals surface area (Å²) in [6, 6.07) is 5.27. The Hall–Kier alpha value is -0.780. The Balaban J connectivity index is 1.96. The van der Waals surface area contributed by atoms with Crippen LogP contribution in [-0.4, -0.2) is 22.5 Å². The summed E-state index contributed by atoms with van der Waals surface area (Å²) in [6.45, 7) is 0.463. The van der Waals surface area contributed by atoms with Gasteiger partial charge in [-0.3, -0.25) is 10.1 Å². The van der Waals surface area contributed by atoms with Gasteiger partial charge in [0.25, 0.3) is 5.69 Å². The number of benzene rings is 1. The maximum absolute atomic E-state index is 11.0. The largest absolute Gasteiger partial charge is 0.310 e. The third-order valence-electron chi connectivity index (χ3n) is 3.87. The predicted molar refractivity (Wildman–Crippen MR) is 84.5 cm³/mol. The van der Waals surface area contributed by atoms with Crippen LogP contribution in [-0.2, 0) is 6.54 Å². The number of nitro groups is 1. The highest BCUT2D eigenvalue weighted by Crippen LogP contribution is 2.29. The van der Waals surface area contributed by atoms with E-state index < -0.39 is 0 Å². The van der Waals surface area contributed by atoms with Crippen LogP contribution in [0.1, 0.15) is 31.2 Å². The van der Waals surface area contributed by atoms with E-state index in [1.807, 2.05) is 11.8 Å². The molecular formula is C14H19ClN2O2S. The maximum atomic E-state index is 11.0. The van der Waals surface area contributed by atoms with Crippen LogP contribution in [0.4, 0.5) is 5.69 Å². The van der Waals surface area contributed by atoms with Gasteiger partial charge in [0.2, 0.25) is 0 Å². The molecule has 0 aliphatic heterocycles. The minimum absolute atomic E-state index is 0.0998. The van der Waals surface area contributed by atoms with Crippen molar-refractivity contribution >= 4 is 29.1 Å². The molecule has 20 heavy (non-hydrogen) atoms. The molecule has 0 atom stereocenters. The Bertz CT molecular complexity index is 476. The zero-order valence-electron chi connectivity index (χ0n) is 11.5. The first-order valence-electron chi connectivity index (χ1n) is 6.79. The summed E-state index contributed by atoms with van der Waals surface area (Å²) in [5.41, 5.74) is 0.689. The van der Waals surface area contributed by atoms with Crippen LogP contribution in [0.5, 0.6) is 0 Å². The molecule has 1 aromatic carbocycles. The zero-order valence-corrected chi connectivity index (χ0v) is 13.0. The third-order valence-corrected chi connectivity index (χ3v) is 5.36. The van der Waals surface area contributed by atoms with Gasteiger partial charge in [0.15, 0.2) is 0 Å². The number of nitrogens with one attached hydrogen (secondary N) is 1. The van der Waals surface area contributed by atoms with Crippen molar-refractivity contribution in [2.75, 3.05) is 6.26 Å². The molecule has 0 aromatic heterocycles. The van der Waals surface area contributed by atoms with Crippen molar-refractivity contribution < 1.29 is 4.92 Å². The van der Waals surface area contributed by atoms with Crippen molar-refractivity contribution in [1.29, 1.82) is 0 Å². The van der Waals surface area contributed by atoms with E-state index in [-0.39, 0.29) is 10.6 Å². The topological polar surface area (TPSA) is 55.2 Å². The van der Waals surface area contributed by atoms with E-state index >= 15 is 0 Å². The Morgan fingerprint density at radius 1 is 1.40 bits per heavy atom. The molecule has 1 N–H and O–H groups in total. The Labute approximate surface area is 128 Å². The first-order chi connectivity index (χ1) is 9.61. The number of thioether (sulfide) groups is 1. The average molecular weight is 315 g/mol. The van der Waals surface area contributed by atoms with Crippen molar-refractivity contribution in [3.05, 3.63) is 38.9 Å². The molecular weight excluding hydrogens is 296 g/mol. The van der Waals surface area contributed by atoms with Gasteiger partial charge in [-0.25, -0.2) is 0 Å². The van der Waals surface area contributed by atoms with Gasteiger partial charge in [-0.15, -0.1) is 0 Å². The van der Waals surface area contributed by atoms with Crippen molar-refractivity contribution in [1.82, 2.24) is 5.32 Å². The Morgan fingerprint density at radius 2 is 2.10 bits per heavy atom. The smallest absolute Gasteiger partial charge is 0.275 e. The summed E-state index contributed by atoms with van der Waals surface area (Å²) < 4.78 is 0. The molecule has 1 saturated carbocycles. The fourth-order valence-electron chi connectivity index (χ4n) is 2.64. The van der Waals surface area contributed by atoms with Gasteiger partial charge in [0.1, 0.15) is 0 Å². The predicted octanol–water partition coefficient (Wildman–Crippen LogP) is 4.01. The van der Waals surface area contributed by atoms with Gasteiger partial charge in [-0.2, -0.15) is 11.8 Å². The summed E-state index contributed by atoms with van der Waals surface area (Å²) in [5, 5.41) is 15.7. The lowest BCUT2D eigenvalue weighted by atomic mass is 9.95. The van der Waals surface area contributed by atoms with E-state index in [1.165, 1.54) is 18.9 Å². The van der Waals surface area contributed by atoms with Gasteiger partial charge < -0.3 is 5.32 Å². The van der Waals surface area contributed by atoms with Crippen LogP contribution in [0.3, 0.4) is 0 Å². The molecule has 110 valence electrons. The molecule has 0 saturated heterocycles. The minimum Gasteiger partial charge on any atom is -0.310 e. The molecule has 1 aliphatic carbocycles. The zero-order chi connectivity index (χ0) is 14.5. The van der Waals surface area contributed by atoms with Crippen LogP contribution >= 0.6 is 23.4 Å². The van der Waals surface area contributed by atoms with E-state index in [9.17, 15) is 10.1 Å².